The van der Waals surface area contributed by atoms with E-state index >= 15 is 0 Å². The second-order valence-electron chi connectivity index (χ2n) is 8.14. The van der Waals surface area contributed by atoms with Crippen LogP contribution in [0.25, 0.3) is 5.69 Å². The SMILES string of the molecule is Cc1ccc(S(=O)(=O)N2CCCCC2)cc1NC(=O)c1nc2n(n1)-c1ccccc1S(=O)(=O)N2. The fraction of sp³-hybridized carbons (Fsp3) is 0.286. The second-order valence-corrected chi connectivity index (χ2v) is 11.7. The van der Waals surface area contributed by atoms with Crippen molar-refractivity contribution in [1.29, 1.82) is 0 Å². The summed E-state index contributed by atoms with van der Waals surface area (Å²) in [5.41, 5.74) is 1.23. The Morgan fingerprint density at radius 1 is 1.09 bits per heavy atom. The molecule has 34 heavy (non-hydrogen) atoms. The van der Waals surface area contributed by atoms with Gasteiger partial charge in [-0.25, -0.2) is 21.6 Å². The summed E-state index contributed by atoms with van der Waals surface area (Å²) in [5.74, 6) is -1.07. The molecule has 0 radical (unpaired) electrons. The third kappa shape index (κ3) is 3.85. The number of nitrogens with zero attached hydrogens (tertiary/aromatic N) is 4. The summed E-state index contributed by atoms with van der Waals surface area (Å²) in [6.45, 7) is 2.68. The van der Waals surface area contributed by atoms with E-state index in [0.29, 0.717) is 24.3 Å². The summed E-state index contributed by atoms with van der Waals surface area (Å²) < 4.78 is 56.0. The van der Waals surface area contributed by atoms with Crippen LogP contribution in [0.15, 0.2) is 52.3 Å². The van der Waals surface area contributed by atoms with E-state index in [9.17, 15) is 21.6 Å². The van der Waals surface area contributed by atoms with Crippen molar-refractivity contribution >= 4 is 37.6 Å². The highest BCUT2D eigenvalue weighted by molar-refractivity contribution is 7.93. The zero-order valence-electron chi connectivity index (χ0n) is 18.2. The number of rotatable bonds is 4. The van der Waals surface area contributed by atoms with Crippen LogP contribution in [0.2, 0.25) is 0 Å². The minimum absolute atomic E-state index is 0.0193. The number of para-hydroxylation sites is 1. The maximum atomic E-state index is 13.0. The zero-order chi connectivity index (χ0) is 24.1. The average Bonchev–Trinajstić information content (AvgIpc) is 3.24. The summed E-state index contributed by atoms with van der Waals surface area (Å²) >= 11 is 0. The first-order valence-electron chi connectivity index (χ1n) is 10.7. The number of carbonyl (C=O) groups excluding carboxylic acids is 1. The molecule has 0 unspecified atom stereocenters. The topological polar surface area (TPSA) is 143 Å². The Morgan fingerprint density at radius 2 is 1.82 bits per heavy atom. The first kappa shape index (κ1) is 22.5. The van der Waals surface area contributed by atoms with Crippen LogP contribution in [0.4, 0.5) is 11.6 Å². The second kappa shape index (κ2) is 8.18. The fourth-order valence-corrected chi connectivity index (χ4v) is 6.72. The Bertz CT molecular complexity index is 1510. The van der Waals surface area contributed by atoms with Crippen molar-refractivity contribution in [3.05, 3.63) is 53.9 Å². The lowest BCUT2D eigenvalue weighted by atomic mass is 10.2. The summed E-state index contributed by atoms with van der Waals surface area (Å²) in [5, 5.41) is 6.83. The van der Waals surface area contributed by atoms with Crippen LogP contribution in [0.5, 0.6) is 0 Å². The van der Waals surface area contributed by atoms with Gasteiger partial charge in [-0.2, -0.15) is 14.0 Å². The molecule has 2 N–H and O–H groups in total. The van der Waals surface area contributed by atoms with Crippen molar-refractivity contribution in [3.8, 4) is 5.69 Å². The number of hydrogen-bond acceptors (Lipinski definition) is 7. The highest BCUT2D eigenvalue weighted by atomic mass is 32.2. The van der Waals surface area contributed by atoms with Gasteiger partial charge >= 0.3 is 0 Å². The van der Waals surface area contributed by atoms with E-state index in [2.05, 4.69) is 20.1 Å². The lowest BCUT2D eigenvalue weighted by molar-refractivity contribution is 0.101. The summed E-state index contributed by atoms with van der Waals surface area (Å²) in [6.07, 6.45) is 2.64. The molecule has 3 heterocycles. The molecular formula is C21H22N6O5S2. The molecule has 0 bridgehead atoms. The van der Waals surface area contributed by atoms with Gasteiger partial charge in [0.25, 0.3) is 15.9 Å². The molecule has 2 aromatic carbocycles. The van der Waals surface area contributed by atoms with Crippen LogP contribution in [-0.2, 0) is 20.0 Å². The van der Waals surface area contributed by atoms with Crippen molar-refractivity contribution in [2.24, 2.45) is 0 Å². The largest absolute Gasteiger partial charge is 0.319 e. The first-order valence-corrected chi connectivity index (χ1v) is 13.6. The molecule has 1 fully saturated rings. The first-order chi connectivity index (χ1) is 16.2. The highest BCUT2D eigenvalue weighted by Gasteiger charge is 2.31. The number of hydrogen-bond donors (Lipinski definition) is 2. The van der Waals surface area contributed by atoms with Crippen LogP contribution in [0, 0.1) is 6.92 Å². The third-order valence-corrected chi connectivity index (χ3v) is 9.10. The number of aromatic nitrogens is 3. The van der Waals surface area contributed by atoms with Crippen molar-refractivity contribution in [1.82, 2.24) is 19.1 Å². The van der Waals surface area contributed by atoms with Crippen molar-refractivity contribution < 1.29 is 21.6 Å². The molecular weight excluding hydrogens is 480 g/mol. The van der Waals surface area contributed by atoms with Gasteiger partial charge in [0.1, 0.15) is 4.90 Å². The molecule has 5 rings (SSSR count). The minimum Gasteiger partial charge on any atom is -0.319 e. The quantitative estimate of drug-likeness (QED) is 0.556. The molecule has 0 spiro atoms. The molecule has 0 aliphatic carbocycles. The van der Waals surface area contributed by atoms with Gasteiger partial charge in [-0.05, 0) is 49.6 Å². The normalized spacial score (nSPS) is 17.3. The highest BCUT2D eigenvalue weighted by Crippen LogP contribution is 2.30. The number of aryl methyl sites for hydroxylation is 1. The smallest absolute Gasteiger partial charge is 0.295 e. The Labute approximate surface area is 196 Å². The molecule has 2 aliphatic heterocycles. The van der Waals surface area contributed by atoms with E-state index in [1.165, 1.54) is 27.2 Å². The fourth-order valence-electron chi connectivity index (χ4n) is 4.01. The van der Waals surface area contributed by atoms with Crippen molar-refractivity contribution in [2.75, 3.05) is 23.1 Å². The van der Waals surface area contributed by atoms with Gasteiger partial charge in [-0.3, -0.25) is 4.79 Å². The lowest BCUT2D eigenvalue weighted by Gasteiger charge is -2.26. The Morgan fingerprint density at radius 3 is 2.59 bits per heavy atom. The van der Waals surface area contributed by atoms with Crippen LogP contribution in [-0.4, -0.2) is 54.9 Å². The van der Waals surface area contributed by atoms with E-state index in [1.54, 1.807) is 31.2 Å². The average molecular weight is 503 g/mol. The molecule has 3 aromatic rings. The Hall–Kier alpha value is -3.29. The molecule has 0 atom stereocenters. The van der Waals surface area contributed by atoms with Gasteiger partial charge < -0.3 is 5.32 Å². The third-order valence-electron chi connectivity index (χ3n) is 5.83. The van der Waals surface area contributed by atoms with Gasteiger partial charge in [0, 0.05) is 18.8 Å². The molecule has 0 saturated carbocycles. The maximum absolute atomic E-state index is 13.0. The number of nitrogens with one attached hydrogen (secondary N) is 2. The lowest BCUT2D eigenvalue weighted by Crippen LogP contribution is -2.35. The van der Waals surface area contributed by atoms with Crippen LogP contribution in [0.1, 0.15) is 35.4 Å². The van der Waals surface area contributed by atoms with E-state index in [1.807, 2.05) is 0 Å². The van der Waals surface area contributed by atoms with Gasteiger partial charge in [0.15, 0.2) is 0 Å². The molecule has 1 saturated heterocycles. The van der Waals surface area contributed by atoms with Crippen LogP contribution in [0.3, 0.4) is 0 Å². The molecule has 1 amide bonds. The molecule has 2 aliphatic rings. The van der Waals surface area contributed by atoms with E-state index in [-0.39, 0.29) is 27.3 Å². The zero-order valence-corrected chi connectivity index (χ0v) is 19.9. The van der Waals surface area contributed by atoms with Crippen molar-refractivity contribution in [3.63, 3.8) is 0 Å². The summed E-state index contributed by atoms with van der Waals surface area (Å²) in [7, 11) is -7.52. The maximum Gasteiger partial charge on any atom is 0.295 e. The van der Waals surface area contributed by atoms with Gasteiger partial charge in [0.2, 0.25) is 21.8 Å². The summed E-state index contributed by atoms with van der Waals surface area (Å²) in [4.78, 5) is 17.1. The number of sulfonamides is 2. The standard InChI is InChI=1S/C21H22N6O5S2/c1-14-9-10-15(34(31,32)26-11-5-2-6-12-26)13-16(14)22-20(28)19-23-21-25-33(29,30)18-8-4-3-7-17(18)27(21)24-19/h3-4,7-10,13H,2,5-6,11-12H2,1H3,(H,22,28)(H,23,24,25). The van der Waals surface area contributed by atoms with E-state index in [4.69, 9.17) is 0 Å². The Balaban J connectivity index is 1.44. The van der Waals surface area contributed by atoms with E-state index in [0.717, 1.165) is 19.3 Å². The number of piperidine rings is 1. The number of fused-ring (bicyclic) bond motifs is 3. The molecule has 178 valence electrons. The van der Waals surface area contributed by atoms with Crippen molar-refractivity contribution in [2.45, 2.75) is 36.0 Å². The van der Waals surface area contributed by atoms with Crippen LogP contribution < -0.4 is 10.0 Å². The molecule has 11 nitrogen and oxygen atoms in total. The number of carbonyl (C=O) groups is 1. The molecule has 13 heteroatoms. The summed E-state index contributed by atoms with van der Waals surface area (Å²) in [6, 6.07) is 10.8. The Kier molecular flexibility index (Phi) is 5.41. The number of amides is 1. The number of anilines is 2. The van der Waals surface area contributed by atoms with Crippen LogP contribution >= 0.6 is 0 Å². The predicted molar refractivity (Wildman–Crippen MR) is 124 cm³/mol. The van der Waals surface area contributed by atoms with E-state index < -0.39 is 26.0 Å². The van der Waals surface area contributed by atoms with Gasteiger partial charge in [0.05, 0.1) is 10.6 Å². The molecule has 1 aromatic heterocycles. The minimum atomic E-state index is -3.84. The monoisotopic (exact) mass is 502 g/mol. The predicted octanol–water partition coefficient (Wildman–Crippen LogP) is 2.12. The van der Waals surface area contributed by atoms with Gasteiger partial charge in [-0.15, -0.1) is 5.10 Å². The number of benzene rings is 2. The van der Waals surface area contributed by atoms with Gasteiger partial charge in [-0.1, -0.05) is 24.6 Å².